The number of esters is 1. The van der Waals surface area contributed by atoms with Gasteiger partial charge in [-0.25, -0.2) is 0 Å². The van der Waals surface area contributed by atoms with Crippen molar-refractivity contribution >= 4 is 28.9 Å². The number of carbonyl (C=O) groups is 1. The molecule has 2 nitrogen and oxygen atoms in total. The summed E-state index contributed by atoms with van der Waals surface area (Å²) in [7, 11) is 0. The van der Waals surface area contributed by atoms with Gasteiger partial charge in [0.1, 0.15) is 0 Å². The van der Waals surface area contributed by atoms with E-state index in [1.54, 1.807) is 0 Å². The summed E-state index contributed by atoms with van der Waals surface area (Å²) in [5.41, 5.74) is 0.886. The van der Waals surface area contributed by atoms with Gasteiger partial charge >= 0.3 is 5.97 Å². The molecule has 0 unspecified atom stereocenters. The second-order valence-corrected chi connectivity index (χ2v) is 6.68. The summed E-state index contributed by atoms with van der Waals surface area (Å²) in [5, 5.41) is 0. The molecule has 0 fully saturated rings. The number of halogens is 1. The molecule has 0 saturated heterocycles. The Morgan fingerprint density at radius 1 is 1.26 bits per heavy atom. The highest BCUT2D eigenvalue weighted by Crippen LogP contribution is 2.27. The van der Waals surface area contributed by atoms with E-state index in [1.165, 1.54) is 37.0 Å². The van der Waals surface area contributed by atoms with E-state index in [0.29, 0.717) is 17.4 Å². The van der Waals surface area contributed by atoms with Gasteiger partial charge in [0.2, 0.25) is 0 Å². The standard InChI is InChI=1S/C15H23ClO2S/c1-3-4-5-6-7-8-9-18-14(17)11-13-10-12(2)19-15(13)16/h10H,3-9,11H2,1-2H3. The van der Waals surface area contributed by atoms with Gasteiger partial charge in [0, 0.05) is 4.88 Å². The average molecular weight is 303 g/mol. The minimum atomic E-state index is -0.173. The molecule has 0 aliphatic rings. The zero-order valence-corrected chi connectivity index (χ0v) is 13.4. The maximum Gasteiger partial charge on any atom is 0.310 e. The molecule has 0 aromatic carbocycles. The minimum Gasteiger partial charge on any atom is -0.465 e. The third kappa shape index (κ3) is 6.98. The predicted molar refractivity (Wildman–Crippen MR) is 82.1 cm³/mol. The Kier molecular flexibility index (Phi) is 8.15. The Morgan fingerprint density at radius 3 is 2.58 bits per heavy atom. The molecule has 0 spiro atoms. The van der Waals surface area contributed by atoms with Crippen LogP contribution in [0.25, 0.3) is 0 Å². The fourth-order valence-corrected chi connectivity index (χ4v) is 3.17. The maximum atomic E-state index is 11.6. The molecule has 1 aromatic heterocycles. The highest BCUT2D eigenvalue weighted by atomic mass is 35.5. The fraction of sp³-hybridized carbons (Fsp3) is 0.667. The van der Waals surface area contributed by atoms with Gasteiger partial charge in [-0.1, -0.05) is 50.6 Å². The van der Waals surface area contributed by atoms with Crippen LogP contribution in [0.4, 0.5) is 0 Å². The topological polar surface area (TPSA) is 26.3 Å². The number of hydrogen-bond acceptors (Lipinski definition) is 3. The van der Waals surface area contributed by atoms with Crippen molar-refractivity contribution in [2.24, 2.45) is 0 Å². The summed E-state index contributed by atoms with van der Waals surface area (Å²) in [6, 6.07) is 1.96. The first-order valence-corrected chi connectivity index (χ1v) is 8.23. The summed E-state index contributed by atoms with van der Waals surface area (Å²) >= 11 is 7.54. The van der Waals surface area contributed by atoms with Gasteiger partial charge in [-0.15, -0.1) is 11.3 Å². The highest BCUT2D eigenvalue weighted by Gasteiger charge is 2.10. The van der Waals surface area contributed by atoms with E-state index < -0.39 is 0 Å². The number of rotatable bonds is 9. The zero-order valence-electron chi connectivity index (χ0n) is 11.8. The molecule has 108 valence electrons. The van der Waals surface area contributed by atoms with Crippen LogP contribution in [-0.4, -0.2) is 12.6 Å². The minimum absolute atomic E-state index is 0.173. The monoisotopic (exact) mass is 302 g/mol. The smallest absolute Gasteiger partial charge is 0.310 e. The number of carbonyl (C=O) groups excluding carboxylic acids is 1. The molecule has 0 N–H and O–H groups in total. The van der Waals surface area contributed by atoms with Crippen molar-refractivity contribution in [3.05, 3.63) is 20.8 Å². The molecule has 0 saturated carbocycles. The summed E-state index contributed by atoms with van der Waals surface area (Å²) in [5.74, 6) is -0.173. The Hall–Kier alpha value is -0.540. The van der Waals surface area contributed by atoms with E-state index in [1.807, 2.05) is 13.0 Å². The second kappa shape index (κ2) is 9.38. The summed E-state index contributed by atoms with van der Waals surface area (Å²) < 4.78 is 5.93. The number of aryl methyl sites for hydroxylation is 1. The molecule has 1 rings (SSSR count). The molecule has 0 radical (unpaired) electrons. The van der Waals surface area contributed by atoms with E-state index in [4.69, 9.17) is 16.3 Å². The summed E-state index contributed by atoms with van der Waals surface area (Å²) in [6.45, 7) is 4.73. The number of thiophene rings is 1. The van der Waals surface area contributed by atoms with Crippen LogP contribution in [0.1, 0.15) is 55.9 Å². The van der Waals surface area contributed by atoms with E-state index >= 15 is 0 Å². The Bertz CT molecular complexity index is 387. The lowest BCUT2D eigenvalue weighted by Gasteiger charge is -2.04. The molecular formula is C15H23ClO2S. The van der Waals surface area contributed by atoms with Crippen LogP contribution in [-0.2, 0) is 16.0 Å². The summed E-state index contributed by atoms with van der Waals surface area (Å²) in [6.07, 6.45) is 7.48. The number of ether oxygens (including phenoxy) is 1. The molecule has 19 heavy (non-hydrogen) atoms. The molecule has 0 atom stereocenters. The van der Waals surface area contributed by atoms with Crippen LogP contribution in [0.3, 0.4) is 0 Å². The molecule has 0 aliphatic heterocycles. The predicted octanol–water partition coefficient (Wildman–Crippen LogP) is 5.16. The molecule has 0 amide bonds. The molecule has 1 aromatic rings. The van der Waals surface area contributed by atoms with Crippen molar-refractivity contribution in [3.63, 3.8) is 0 Å². The van der Waals surface area contributed by atoms with Crippen molar-refractivity contribution in [1.82, 2.24) is 0 Å². The number of unbranched alkanes of at least 4 members (excludes halogenated alkanes) is 5. The van der Waals surface area contributed by atoms with Crippen LogP contribution >= 0.6 is 22.9 Å². The van der Waals surface area contributed by atoms with Crippen molar-refractivity contribution in [2.75, 3.05) is 6.61 Å². The van der Waals surface area contributed by atoms with Gasteiger partial charge in [0.05, 0.1) is 17.4 Å². The van der Waals surface area contributed by atoms with E-state index in [0.717, 1.165) is 23.3 Å². The first-order valence-electron chi connectivity index (χ1n) is 7.04. The lowest BCUT2D eigenvalue weighted by atomic mass is 10.1. The molecule has 4 heteroatoms. The lowest BCUT2D eigenvalue weighted by molar-refractivity contribution is -0.142. The van der Waals surface area contributed by atoms with Crippen LogP contribution in [0.5, 0.6) is 0 Å². The van der Waals surface area contributed by atoms with E-state index in [-0.39, 0.29) is 5.97 Å². The Morgan fingerprint density at radius 2 is 1.95 bits per heavy atom. The largest absolute Gasteiger partial charge is 0.465 e. The Labute approximate surface area is 125 Å². The van der Waals surface area contributed by atoms with Gasteiger partial charge < -0.3 is 4.74 Å². The third-order valence-corrected chi connectivity index (χ3v) is 4.33. The van der Waals surface area contributed by atoms with Gasteiger partial charge in [0.15, 0.2) is 0 Å². The van der Waals surface area contributed by atoms with Gasteiger partial charge in [-0.3, -0.25) is 4.79 Å². The third-order valence-electron chi connectivity index (χ3n) is 2.98. The summed E-state index contributed by atoms with van der Waals surface area (Å²) in [4.78, 5) is 12.8. The van der Waals surface area contributed by atoms with Crippen LogP contribution in [0, 0.1) is 6.92 Å². The van der Waals surface area contributed by atoms with Crippen LogP contribution < -0.4 is 0 Å². The Balaban J connectivity index is 2.10. The van der Waals surface area contributed by atoms with Gasteiger partial charge in [0.25, 0.3) is 0 Å². The van der Waals surface area contributed by atoms with E-state index in [2.05, 4.69) is 6.92 Å². The highest BCUT2D eigenvalue weighted by molar-refractivity contribution is 7.16. The zero-order chi connectivity index (χ0) is 14.1. The fourth-order valence-electron chi connectivity index (χ4n) is 1.93. The molecular weight excluding hydrogens is 280 g/mol. The first-order chi connectivity index (χ1) is 9.13. The SMILES string of the molecule is CCCCCCCCOC(=O)Cc1cc(C)sc1Cl. The quantitative estimate of drug-likeness (QED) is 0.465. The molecule has 1 heterocycles. The van der Waals surface area contributed by atoms with Crippen LogP contribution in [0.2, 0.25) is 4.34 Å². The van der Waals surface area contributed by atoms with E-state index in [9.17, 15) is 4.79 Å². The number of hydrogen-bond donors (Lipinski definition) is 0. The van der Waals surface area contributed by atoms with Gasteiger partial charge in [-0.05, 0) is 25.0 Å². The van der Waals surface area contributed by atoms with Crippen LogP contribution in [0.15, 0.2) is 6.07 Å². The second-order valence-electron chi connectivity index (χ2n) is 4.82. The van der Waals surface area contributed by atoms with Crippen molar-refractivity contribution in [3.8, 4) is 0 Å². The first kappa shape index (κ1) is 16.5. The van der Waals surface area contributed by atoms with Gasteiger partial charge in [-0.2, -0.15) is 0 Å². The van der Waals surface area contributed by atoms with Crippen molar-refractivity contribution in [2.45, 2.75) is 58.8 Å². The normalized spacial score (nSPS) is 10.7. The lowest BCUT2D eigenvalue weighted by Crippen LogP contribution is -2.08. The molecule has 0 aliphatic carbocycles. The van der Waals surface area contributed by atoms with Crippen molar-refractivity contribution < 1.29 is 9.53 Å². The average Bonchev–Trinajstić information content (AvgIpc) is 2.66. The van der Waals surface area contributed by atoms with Crippen molar-refractivity contribution in [1.29, 1.82) is 0 Å². The molecule has 0 bridgehead atoms. The maximum absolute atomic E-state index is 11.6.